The fraction of sp³-hybridized carbons (Fsp3) is 0.571. The molecule has 0 aliphatic heterocycles. The summed E-state index contributed by atoms with van der Waals surface area (Å²) < 4.78 is 24.7. The maximum atomic E-state index is 14.3. The summed E-state index contributed by atoms with van der Waals surface area (Å²) in [6.45, 7) is 3.23. The van der Waals surface area contributed by atoms with Gasteiger partial charge in [0.15, 0.2) is 11.5 Å². The number of nitrogens with one attached hydrogen (secondary N) is 1. The molecule has 5 heteroatoms. The van der Waals surface area contributed by atoms with Gasteiger partial charge in [-0.3, -0.25) is 0 Å². The quantitative estimate of drug-likeness (QED) is 0.832. The minimum Gasteiger partial charge on any atom is -0.493 e. The Bertz CT molecular complexity index is 429. The highest BCUT2D eigenvalue weighted by Gasteiger charge is 2.27. The van der Waals surface area contributed by atoms with Gasteiger partial charge in [-0.1, -0.05) is 0 Å². The topological polar surface area (TPSA) is 50.7 Å². The second-order valence-corrected chi connectivity index (χ2v) is 4.84. The summed E-state index contributed by atoms with van der Waals surface area (Å²) in [7, 11) is 4.73. The van der Waals surface area contributed by atoms with Crippen molar-refractivity contribution in [3.05, 3.63) is 23.3 Å². The van der Waals surface area contributed by atoms with Crippen molar-refractivity contribution in [3.63, 3.8) is 0 Å². The Morgan fingerprint density at radius 1 is 1.26 bits per heavy atom. The molecule has 1 aromatic rings. The second-order valence-electron chi connectivity index (χ2n) is 4.84. The fourth-order valence-corrected chi connectivity index (χ4v) is 1.99. The minimum atomic E-state index is -1.58. The van der Waals surface area contributed by atoms with Gasteiger partial charge in [0.1, 0.15) is 5.67 Å². The molecule has 1 atom stereocenters. The Kier molecular flexibility index (Phi) is 5.14. The fourth-order valence-electron chi connectivity index (χ4n) is 1.99. The maximum Gasteiger partial charge on any atom is 0.161 e. The van der Waals surface area contributed by atoms with Crippen molar-refractivity contribution >= 4 is 0 Å². The van der Waals surface area contributed by atoms with Crippen LogP contribution in [0.15, 0.2) is 12.1 Å². The van der Waals surface area contributed by atoms with Crippen LogP contribution in [0.5, 0.6) is 11.5 Å². The zero-order valence-electron chi connectivity index (χ0n) is 12.1. The highest BCUT2D eigenvalue weighted by molar-refractivity contribution is 5.50. The van der Waals surface area contributed by atoms with E-state index in [1.165, 1.54) is 28.1 Å². The van der Waals surface area contributed by atoms with E-state index < -0.39 is 11.8 Å². The number of hydrogen-bond donors (Lipinski definition) is 2. The standard InChI is InChI=1S/C14H22FNO3/c1-14(2,15)10-7-13(19-5)12(18-4)6-9(10)11(17)8-16-3/h6-7,11,16-17H,8H2,1-5H3. The molecule has 1 unspecified atom stereocenters. The first kappa shape index (κ1) is 15.7. The Morgan fingerprint density at radius 3 is 2.21 bits per heavy atom. The SMILES string of the molecule is CNCC(O)c1cc(OC)c(OC)cc1C(C)(C)F. The molecule has 0 aromatic heterocycles. The van der Waals surface area contributed by atoms with E-state index in [0.29, 0.717) is 29.2 Å². The monoisotopic (exact) mass is 271 g/mol. The number of halogens is 1. The number of alkyl halides is 1. The summed E-state index contributed by atoms with van der Waals surface area (Å²) >= 11 is 0. The third-order valence-electron chi connectivity index (χ3n) is 2.95. The van der Waals surface area contributed by atoms with E-state index in [2.05, 4.69) is 5.32 Å². The molecule has 19 heavy (non-hydrogen) atoms. The van der Waals surface area contributed by atoms with Crippen molar-refractivity contribution in [1.82, 2.24) is 5.32 Å². The molecule has 2 N–H and O–H groups in total. The summed E-state index contributed by atoms with van der Waals surface area (Å²) in [5.74, 6) is 0.921. The van der Waals surface area contributed by atoms with Gasteiger partial charge in [-0.25, -0.2) is 4.39 Å². The van der Waals surface area contributed by atoms with Gasteiger partial charge in [0.25, 0.3) is 0 Å². The lowest BCUT2D eigenvalue weighted by molar-refractivity contribution is 0.163. The predicted octanol–water partition coefficient (Wildman–Crippen LogP) is 2.16. The second kappa shape index (κ2) is 6.21. The molecular weight excluding hydrogens is 249 g/mol. The molecule has 1 rings (SSSR count). The van der Waals surface area contributed by atoms with Gasteiger partial charge in [0.2, 0.25) is 0 Å². The van der Waals surface area contributed by atoms with Crippen LogP contribution in [-0.4, -0.2) is 32.9 Å². The zero-order valence-corrected chi connectivity index (χ0v) is 12.1. The van der Waals surface area contributed by atoms with E-state index in [1.54, 1.807) is 19.2 Å². The summed E-state index contributed by atoms with van der Waals surface area (Å²) in [6.07, 6.45) is -0.810. The van der Waals surface area contributed by atoms with Crippen molar-refractivity contribution in [2.45, 2.75) is 25.6 Å². The third-order valence-corrected chi connectivity index (χ3v) is 2.95. The molecule has 0 aliphatic rings. The van der Waals surface area contributed by atoms with E-state index in [0.717, 1.165) is 0 Å². The number of methoxy groups -OCH3 is 2. The summed E-state index contributed by atoms with van der Waals surface area (Å²) in [5.41, 5.74) is -0.684. The van der Waals surface area contributed by atoms with Gasteiger partial charge < -0.3 is 19.9 Å². The first-order chi connectivity index (χ1) is 8.85. The van der Waals surface area contributed by atoms with Crippen LogP contribution in [0.1, 0.15) is 31.1 Å². The number of hydrogen-bond acceptors (Lipinski definition) is 4. The van der Waals surface area contributed by atoms with Crippen molar-refractivity contribution in [3.8, 4) is 11.5 Å². The normalized spacial score (nSPS) is 13.2. The van der Waals surface area contributed by atoms with Gasteiger partial charge in [0.05, 0.1) is 20.3 Å². The Hall–Kier alpha value is -1.33. The van der Waals surface area contributed by atoms with Crippen molar-refractivity contribution < 1.29 is 19.0 Å². The van der Waals surface area contributed by atoms with Crippen LogP contribution in [0.4, 0.5) is 4.39 Å². The third kappa shape index (κ3) is 3.58. The Labute approximate surface area is 113 Å². The molecular formula is C14H22FNO3. The molecule has 0 saturated heterocycles. The van der Waals surface area contributed by atoms with Crippen molar-refractivity contribution in [2.75, 3.05) is 27.8 Å². The number of likely N-dealkylation sites (N-methyl/N-ethyl adjacent to an activating group) is 1. The van der Waals surface area contributed by atoms with Crippen LogP contribution in [0.25, 0.3) is 0 Å². The van der Waals surface area contributed by atoms with E-state index in [4.69, 9.17) is 9.47 Å². The summed E-state index contributed by atoms with van der Waals surface area (Å²) in [5, 5.41) is 13.0. The molecule has 1 aromatic carbocycles. The molecule has 0 heterocycles. The lowest BCUT2D eigenvalue weighted by Crippen LogP contribution is -2.21. The number of aliphatic hydroxyl groups is 1. The van der Waals surface area contributed by atoms with Crippen molar-refractivity contribution in [1.29, 1.82) is 0 Å². The number of aliphatic hydroxyl groups excluding tert-OH is 1. The van der Waals surface area contributed by atoms with Gasteiger partial charge >= 0.3 is 0 Å². The van der Waals surface area contributed by atoms with Gasteiger partial charge in [-0.05, 0) is 44.2 Å². The first-order valence-electron chi connectivity index (χ1n) is 6.13. The van der Waals surface area contributed by atoms with Crippen molar-refractivity contribution in [2.24, 2.45) is 0 Å². The smallest absolute Gasteiger partial charge is 0.161 e. The Balaban J connectivity index is 3.40. The molecule has 108 valence electrons. The molecule has 0 aliphatic carbocycles. The molecule has 0 saturated carbocycles. The van der Waals surface area contributed by atoms with Crippen LogP contribution in [-0.2, 0) is 5.67 Å². The highest BCUT2D eigenvalue weighted by atomic mass is 19.1. The zero-order chi connectivity index (χ0) is 14.6. The van der Waals surface area contributed by atoms with E-state index >= 15 is 0 Å². The lowest BCUT2D eigenvalue weighted by Gasteiger charge is -2.24. The van der Waals surface area contributed by atoms with Gasteiger partial charge in [0, 0.05) is 6.54 Å². The number of benzene rings is 1. The van der Waals surface area contributed by atoms with Crippen LogP contribution in [0, 0.1) is 0 Å². The first-order valence-corrected chi connectivity index (χ1v) is 6.13. The summed E-state index contributed by atoms with van der Waals surface area (Å²) in [4.78, 5) is 0. The molecule has 0 radical (unpaired) electrons. The van der Waals surface area contributed by atoms with Crippen LogP contribution in [0.3, 0.4) is 0 Å². The molecule has 0 bridgehead atoms. The van der Waals surface area contributed by atoms with Crippen LogP contribution >= 0.6 is 0 Å². The largest absolute Gasteiger partial charge is 0.493 e. The minimum absolute atomic E-state index is 0.332. The molecule has 0 amide bonds. The molecule has 4 nitrogen and oxygen atoms in total. The van der Waals surface area contributed by atoms with Gasteiger partial charge in [-0.2, -0.15) is 0 Å². The predicted molar refractivity (Wildman–Crippen MR) is 72.6 cm³/mol. The van der Waals surface area contributed by atoms with Gasteiger partial charge in [-0.15, -0.1) is 0 Å². The van der Waals surface area contributed by atoms with Crippen LogP contribution < -0.4 is 14.8 Å². The highest BCUT2D eigenvalue weighted by Crippen LogP contribution is 2.39. The lowest BCUT2D eigenvalue weighted by atomic mass is 9.91. The Morgan fingerprint density at radius 2 is 1.79 bits per heavy atom. The average Bonchev–Trinajstić information content (AvgIpc) is 2.36. The molecule has 0 fully saturated rings. The van der Waals surface area contributed by atoms with E-state index in [-0.39, 0.29) is 0 Å². The number of ether oxygens (including phenoxy) is 2. The maximum absolute atomic E-state index is 14.3. The van der Waals surface area contributed by atoms with E-state index in [1.807, 2.05) is 0 Å². The van der Waals surface area contributed by atoms with Crippen LogP contribution in [0.2, 0.25) is 0 Å². The van der Waals surface area contributed by atoms with E-state index in [9.17, 15) is 9.50 Å². The average molecular weight is 271 g/mol. The summed E-state index contributed by atoms with van der Waals surface area (Å²) in [6, 6.07) is 3.20. The number of rotatable bonds is 6. The molecule has 0 spiro atoms.